The highest BCUT2D eigenvalue weighted by Crippen LogP contribution is 2.26. The molecule has 0 saturated heterocycles. The minimum Gasteiger partial charge on any atom is -0.466 e. The quantitative estimate of drug-likeness (QED) is 0.526. The molecule has 8 nitrogen and oxygen atoms in total. The van der Waals surface area contributed by atoms with Gasteiger partial charge in [0.1, 0.15) is 11.5 Å². The summed E-state index contributed by atoms with van der Waals surface area (Å²) in [5, 5.41) is 0.0359. The number of sulfonamides is 1. The molecule has 0 unspecified atom stereocenters. The first-order valence-corrected chi connectivity index (χ1v) is 11.5. The molecular weight excluding hydrogens is 454 g/mol. The Bertz CT molecular complexity index is 1260. The van der Waals surface area contributed by atoms with E-state index in [1.807, 2.05) is 0 Å². The van der Waals surface area contributed by atoms with E-state index in [-0.39, 0.29) is 27.6 Å². The van der Waals surface area contributed by atoms with Crippen molar-refractivity contribution >= 4 is 39.1 Å². The van der Waals surface area contributed by atoms with Crippen LogP contribution < -0.4 is 15.2 Å². The molecule has 3 rings (SSSR count). The fourth-order valence-corrected chi connectivity index (χ4v) is 4.86. The van der Waals surface area contributed by atoms with Crippen LogP contribution in [0.15, 0.2) is 63.9 Å². The third-order valence-electron chi connectivity index (χ3n) is 4.68. The molecule has 0 fully saturated rings. The molecule has 0 spiro atoms. The second-order valence-corrected chi connectivity index (χ2v) is 9.15. The number of halogens is 1. The molecule has 1 heterocycles. The van der Waals surface area contributed by atoms with Gasteiger partial charge in [0.25, 0.3) is 21.8 Å². The van der Waals surface area contributed by atoms with Crippen molar-refractivity contribution in [3.05, 3.63) is 82.3 Å². The van der Waals surface area contributed by atoms with E-state index in [0.29, 0.717) is 17.2 Å². The van der Waals surface area contributed by atoms with Crippen LogP contribution in [0.5, 0.6) is 0 Å². The molecule has 0 aliphatic rings. The second-order valence-electron chi connectivity index (χ2n) is 6.88. The van der Waals surface area contributed by atoms with E-state index < -0.39 is 21.8 Å². The standard InChI is InChI=1S/C22H22ClN3O5S/c1-4-26(16-8-6-5-7-9-16)32(29,30)17-10-11-20(23)19(13-17)22(28)25-24-21(27)18-12-14(2)31-15(18)3/h5-13H,4H2,1-3H3,(H,24,27)(H,25,28). The number of hydrazine groups is 1. The van der Waals surface area contributed by atoms with Crippen LogP contribution in [-0.4, -0.2) is 26.8 Å². The van der Waals surface area contributed by atoms with Gasteiger partial charge in [-0.05, 0) is 57.2 Å². The number of aryl methyl sites for hydroxylation is 2. The van der Waals surface area contributed by atoms with Gasteiger partial charge < -0.3 is 4.42 Å². The van der Waals surface area contributed by atoms with Crippen LogP contribution in [-0.2, 0) is 10.0 Å². The summed E-state index contributed by atoms with van der Waals surface area (Å²) in [6.07, 6.45) is 0. The van der Waals surface area contributed by atoms with E-state index in [1.165, 1.54) is 22.5 Å². The van der Waals surface area contributed by atoms with Gasteiger partial charge in [0.15, 0.2) is 0 Å². The van der Waals surface area contributed by atoms with Crippen molar-refractivity contribution in [3.8, 4) is 0 Å². The first-order chi connectivity index (χ1) is 15.1. The summed E-state index contributed by atoms with van der Waals surface area (Å²) >= 11 is 6.14. The average molecular weight is 476 g/mol. The lowest BCUT2D eigenvalue weighted by molar-refractivity contribution is 0.0845. The van der Waals surface area contributed by atoms with Gasteiger partial charge in [0.05, 0.1) is 26.7 Å². The molecule has 0 aliphatic heterocycles. The van der Waals surface area contributed by atoms with Crippen LogP contribution in [0.4, 0.5) is 5.69 Å². The highest BCUT2D eigenvalue weighted by atomic mass is 35.5. The Morgan fingerprint density at radius 1 is 0.969 bits per heavy atom. The molecule has 0 saturated carbocycles. The fraction of sp³-hybridized carbons (Fsp3) is 0.182. The van der Waals surface area contributed by atoms with Crippen molar-refractivity contribution < 1.29 is 22.4 Å². The minimum absolute atomic E-state index is 0.0359. The van der Waals surface area contributed by atoms with Gasteiger partial charge in [-0.3, -0.25) is 24.7 Å². The molecule has 1 aromatic heterocycles. The number of para-hydroxylation sites is 1. The van der Waals surface area contributed by atoms with Gasteiger partial charge in [-0.1, -0.05) is 29.8 Å². The van der Waals surface area contributed by atoms with Crippen molar-refractivity contribution in [3.63, 3.8) is 0 Å². The third-order valence-corrected chi connectivity index (χ3v) is 6.91. The summed E-state index contributed by atoms with van der Waals surface area (Å²) in [7, 11) is -3.96. The Balaban J connectivity index is 1.84. The van der Waals surface area contributed by atoms with E-state index in [2.05, 4.69) is 10.9 Å². The average Bonchev–Trinajstić information content (AvgIpc) is 3.11. The van der Waals surface area contributed by atoms with Gasteiger partial charge in [-0.25, -0.2) is 8.42 Å². The van der Waals surface area contributed by atoms with Gasteiger partial charge >= 0.3 is 0 Å². The molecular formula is C22H22ClN3O5S. The van der Waals surface area contributed by atoms with Crippen molar-refractivity contribution in [2.45, 2.75) is 25.7 Å². The van der Waals surface area contributed by atoms with Crippen molar-refractivity contribution in [1.29, 1.82) is 0 Å². The lowest BCUT2D eigenvalue weighted by atomic mass is 10.2. The Hall–Kier alpha value is -3.30. The normalized spacial score (nSPS) is 11.1. The topological polar surface area (TPSA) is 109 Å². The number of carbonyl (C=O) groups excluding carboxylic acids is 2. The maximum absolute atomic E-state index is 13.2. The van der Waals surface area contributed by atoms with E-state index in [9.17, 15) is 18.0 Å². The highest BCUT2D eigenvalue weighted by Gasteiger charge is 2.25. The van der Waals surface area contributed by atoms with Gasteiger partial charge in [0, 0.05) is 6.54 Å². The molecule has 0 atom stereocenters. The van der Waals surface area contributed by atoms with Crippen molar-refractivity contribution in [2.24, 2.45) is 0 Å². The van der Waals surface area contributed by atoms with Crippen LogP contribution in [0, 0.1) is 13.8 Å². The monoisotopic (exact) mass is 475 g/mol. The van der Waals surface area contributed by atoms with E-state index in [4.69, 9.17) is 16.0 Å². The van der Waals surface area contributed by atoms with E-state index in [1.54, 1.807) is 57.2 Å². The Labute approximate surface area is 191 Å². The SMILES string of the molecule is CCN(c1ccccc1)S(=O)(=O)c1ccc(Cl)c(C(=O)NNC(=O)c2cc(C)oc2C)c1. The lowest BCUT2D eigenvalue weighted by Crippen LogP contribution is -2.42. The molecule has 2 aromatic carbocycles. The Morgan fingerprint density at radius 2 is 1.59 bits per heavy atom. The second kappa shape index (κ2) is 9.46. The van der Waals surface area contributed by atoms with E-state index >= 15 is 0 Å². The molecule has 0 radical (unpaired) electrons. The third kappa shape index (κ3) is 4.79. The predicted molar refractivity (Wildman–Crippen MR) is 121 cm³/mol. The number of amides is 2. The van der Waals surface area contributed by atoms with Crippen LogP contribution in [0.1, 0.15) is 39.2 Å². The maximum atomic E-state index is 13.2. The summed E-state index contributed by atoms with van der Waals surface area (Å²) in [4.78, 5) is 24.8. The zero-order chi connectivity index (χ0) is 23.5. The zero-order valence-electron chi connectivity index (χ0n) is 17.7. The predicted octanol–water partition coefficient (Wildman–Crippen LogP) is 3.84. The summed E-state index contributed by atoms with van der Waals surface area (Å²) < 4.78 is 33.0. The Kier molecular flexibility index (Phi) is 6.90. The van der Waals surface area contributed by atoms with Crippen molar-refractivity contribution in [2.75, 3.05) is 10.8 Å². The van der Waals surface area contributed by atoms with Crippen LogP contribution in [0.3, 0.4) is 0 Å². The van der Waals surface area contributed by atoms with Crippen LogP contribution in [0.2, 0.25) is 5.02 Å². The summed E-state index contributed by atoms with van der Waals surface area (Å²) in [5.41, 5.74) is 5.20. The summed E-state index contributed by atoms with van der Waals surface area (Å²) in [5.74, 6) is -0.380. The number of nitrogens with zero attached hydrogens (tertiary/aromatic N) is 1. The largest absolute Gasteiger partial charge is 0.466 e. The molecule has 32 heavy (non-hydrogen) atoms. The molecule has 168 valence electrons. The number of hydrogen-bond donors (Lipinski definition) is 2. The molecule has 0 bridgehead atoms. The molecule has 2 N–H and O–H groups in total. The van der Waals surface area contributed by atoms with Crippen molar-refractivity contribution in [1.82, 2.24) is 10.9 Å². The molecule has 0 aliphatic carbocycles. The van der Waals surface area contributed by atoms with Gasteiger partial charge in [0.2, 0.25) is 0 Å². The van der Waals surface area contributed by atoms with E-state index in [0.717, 1.165) is 0 Å². The zero-order valence-corrected chi connectivity index (χ0v) is 19.3. The number of hydrogen-bond acceptors (Lipinski definition) is 5. The van der Waals surface area contributed by atoms with Gasteiger partial charge in [-0.15, -0.1) is 0 Å². The highest BCUT2D eigenvalue weighted by molar-refractivity contribution is 7.92. The summed E-state index contributed by atoms with van der Waals surface area (Å²) in [6.45, 7) is 5.23. The molecule has 2 amide bonds. The molecule has 10 heteroatoms. The summed E-state index contributed by atoms with van der Waals surface area (Å²) in [6, 6.07) is 14.0. The first-order valence-electron chi connectivity index (χ1n) is 9.70. The minimum atomic E-state index is -3.96. The first kappa shape index (κ1) is 23.4. The fourth-order valence-electron chi connectivity index (χ4n) is 3.16. The molecule has 3 aromatic rings. The Morgan fingerprint density at radius 3 is 2.16 bits per heavy atom. The lowest BCUT2D eigenvalue weighted by Gasteiger charge is -2.23. The number of anilines is 1. The number of nitrogens with one attached hydrogen (secondary N) is 2. The smallest absolute Gasteiger partial charge is 0.273 e. The number of benzene rings is 2. The maximum Gasteiger partial charge on any atom is 0.273 e. The van der Waals surface area contributed by atoms with Crippen LogP contribution in [0.25, 0.3) is 0 Å². The number of furan rings is 1. The van der Waals surface area contributed by atoms with Gasteiger partial charge in [-0.2, -0.15) is 0 Å². The number of rotatable bonds is 6. The number of carbonyl (C=O) groups is 2. The van der Waals surface area contributed by atoms with Crippen LogP contribution >= 0.6 is 11.6 Å².